The van der Waals surface area contributed by atoms with Crippen LogP contribution in [0.2, 0.25) is 0 Å². The van der Waals surface area contributed by atoms with Crippen LogP contribution in [0.1, 0.15) is 26.7 Å². The maximum atomic E-state index is 12.6. The lowest BCUT2D eigenvalue weighted by molar-refractivity contribution is -0.151. The van der Waals surface area contributed by atoms with Gasteiger partial charge in [-0.15, -0.1) is 0 Å². The molecule has 0 spiro atoms. The van der Waals surface area contributed by atoms with E-state index in [2.05, 4.69) is 4.98 Å². The van der Waals surface area contributed by atoms with Gasteiger partial charge in [-0.3, -0.25) is 9.59 Å². The molecule has 0 N–H and O–H groups in total. The number of aromatic nitrogens is 1. The van der Waals surface area contributed by atoms with Crippen LogP contribution in [0.15, 0.2) is 33.9 Å². The fourth-order valence-electron chi connectivity index (χ4n) is 2.96. The lowest BCUT2D eigenvalue weighted by Crippen LogP contribution is -2.43. The number of piperidine rings is 1. The largest absolute Gasteiger partial charge is 0.466 e. The third-order valence-electron chi connectivity index (χ3n) is 4.33. The highest BCUT2D eigenvalue weighted by molar-refractivity contribution is 8.00. The van der Waals surface area contributed by atoms with Crippen molar-refractivity contribution in [2.75, 3.05) is 19.7 Å². The zero-order chi connectivity index (χ0) is 17.8. The number of hydrogen-bond acceptors (Lipinski definition) is 6. The zero-order valence-corrected chi connectivity index (χ0v) is 15.3. The molecule has 1 aliphatic rings. The predicted molar refractivity (Wildman–Crippen MR) is 95.3 cm³/mol. The molecule has 1 amide bonds. The van der Waals surface area contributed by atoms with Crippen molar-refractivity contribution < 1.29 is 18.7 Å². The van der Waals surface area contributed by atoms with Gasteiger partial charge in [-0.2, -0.15) is 0 Å². The molecule has 25 heavy (non-hydrogen) atoms. The summed E-state index contributed by atoms with van der Waals surface area (Å²) in [5.41, 5.74) is 1.51. The van der Waals surface area contributed by atoms with E-state index in [-0.39, 0.29) is 23.0 Å². The maximum absolute atomic E-state index is 12.6. The number of esters is 1. The maximum Gasteiger partial charge on any atom is 0.309 e. The minimum Gasteiger partial charge on any atom is -0.466 e. The van der Waals surface area contributed by atoms with Crippen LogP contribution in [0.5, 0.6) is 0 Å². The lowest BCUT2D eigenvalue weighted by atomic mass is 9.97. The van der Waals surface area contributed by atoms with Crippen LogP contribution in [0, 0.1) is 5.92 Å². The number of amides is 1. The molecule has 1 aromatic carbocycles. The van der Waals surface area contributed by atoms with Crippen molar-refractivity contribution in [2.45, 2.75) is 37.2 Å². The zero-order valence-electron chi connectivity index (χ0n) is 14.4. The van der Waals surface area contributed by atoms with Crippen molar-refractivity contribution >= 4 is 34.7 Å². The summed E-state index contributed by atoms with van der Waals surface area (Å²) in [4.78, 5) is 30.6. The minimum atomic E-state index is -0.285. The summed E-state index contributed by atoms with van der Waals surface area (Å²) in [7, 11) is 0. The fraction of sp³-hybridized carbons (Fsp3) is 0.500. The number of likely N-dealkylation sites (tertiary alicyclic amines) is 1. The van der Waals surface area contributed by atoms with Crippen LogP contribution in [-0.2, 0) is 14.3 Å². The van der Waals surface area contributed by atoms with E-state index in [4.69, 9.17) is 9.15 Å². The highest BCUT2D eigenvalue weighted by Gasteiger charge is 2.30. The van der Waals surface area contributed by atoms with Crippen LogP contribution in [0.3, 0.4) is 0 Å². The number of fused-ring (bicyclic) bond motifs is 1. The average molecular weight is 362 g/mol. The number of rotatable bonds is 5. The molecular weight excluding hydrogens is 340 g/mol. The minimum absolute atomic E-state index is 0.0505. The summed E-state index contributed by atoms with van der Waals surface area (Å²) >= 11 is 1.33. The molecular formula is C18H22N2O4S. The second kappa shape index (κ2) is 7.91. The first-order chi connectivity index (χ1) is 12.1. The molecule has 1 saturated heterocycles. The molecule has 6 nitrogen and oxygen atoms in total. The molecule has 0 saturated carbocycles. The van der Waals surface area contributed by atoms with Gasteiger partial charge in [0.25, 0.3) is 5.22 Å². The molecule has 3 rings (SSSR count). The van der Waals surface area contributed by atoms with E-state index in [0.717, 1.165) is 11.1 Å². The van der Waals surface area contributed by atoms with Gasteiger partial charge in [0.15, 0.2) is 5.58 Å². The van der Waals surface area contributed by atoms with Gasteiger partial charge in [-0.1, -0.05) is 23.9 Å². The summed E-state index contributed by atoms with van der Waals surface area (Å²) in [5, 5.41) is 0.218. The summed E-state index contributed by atoms with van der Waals surface area (Å²) in [6, 6.07) is 7.54. The van der Waals surface area contributed by atoms with E-state index in [1.165, 1.54) is 11.8 Å². The van der Waals surface area contributed by atoms with Crippen molar-refractivity contribution in [3.05, 3.63) is 24.3 Å². The number of hydrogen-bond donors (Lipinski definition) is 0. The van der Waals surface area contributed by atoms with E-state index in [0.29, 0.717) is 37.8 Å². The Morgan fingerprint density at radius 1 is 1.36 bits per heavy atom. The molecule has 1 aliphatic heterocycles. The van der Waals surface area contributed by atoms with E-state index in [1.807, 2.05) is 43.0 Å². The molecule has 1 fully saturated rings. The third kappa shape index (κ3) is 4.15. The topological polar surface area (TPSA) is 72.6 Å². The first kappa shape index (κ1) is 17.8. The average Bonchev–Trinajstić information content (AvgIpc) is 3.03. The number of nitrogens with zero attached hydrogens (tertiary/aromatic N) is 2. The Hall–Kier alpha value is -2.02. The number of carbonyl (C=O) groups excluding carboxylic acids is 2. The molecule has 1 atom stereocenters. The van der Waals surface area contributed by atoms with Crippen LogP contribution in [-0.4, -0.2) is 46.7 Å². The molecule has 2 heterocycles. The van der Waals surface area contributed by atoms with Gasteiger partial charge >= 0.3 is 5.97 Å². The Labute approximate surface area is 150 Å². The van der Waals surface area contributed by atoms with Gasteiger partial charge in [0.05, 0.1) is 17.8 Å². The number of benzene rings is 1. The molecule has 0 bridgehead atoms. The quantitative estimate of drug-likeness (QED) is 0.601. The number of carbonyl (C=O) groups is 2. The lowest BCUT2D eigenvalue weighted by Gasteiger charge is -2.32. The standard InChI is InChI=1S/C18H22N2O4S/c1-3-23-17(22)13-8-10-20(11-9-13)16(21)12(2)25-18-19-14-6-4-5-7-15(14)24-18/h4-7,12-13H,3,8-11H2,1-2H3. The van der Waals surface area contributed by atoms with Gasteiger partial charge in [0.1, 0.15) is 5.52 Å². The Kier molecular flexibility index (Phi) is 5.63. The molecule has 0 radical (unpaired) electrons. The van der Waals surface area contributed by atoms with Crippen molar-refractivity contribution in [1.29, 1.82) is 0 Å². The Balaban J connectivity index is 1.55. The first-order valence-electron chi connectivity index (χ1n) is 8.56. The van der Waals surface area contributed by atoms with Gasteiger partial charge < -0.3 is 14.1 Å². The summed E-state index contributed by atoms with van der Waals surface area (Å²) in [6.45, 7) is 5.23. The van der Waals surface area contributed by atoms with Gasteiger partial charge in [-0.25, -0.2) is 4.98 Å². The van der Waals surface area contributed by atoms with E-state index in [9.17, 15) is 9.59 Å². The second-order valence-electron chi connectivity index (χ2n) is 6.06. The van der Waals surface area contributed by atoms with E-state index < -0.39 is 0 Å². The van der Waals surface area contributed by atoms with Crippen molar-refractivity contribution in [3.8, 4) is 0 Å². The summed E-state index contributed by atoms with van der Waals surface area (Å²) in [5.74, 6) is -0.193. The SMILES string of the molecule is CCOC(=O)C1CCN(C(=O)C(C)Sc2nc3ccccc3o2)CC1. The number of ether oxygens (including phenoxy) is 1. The second-order valence-corrected chi connectivity index (χ2v) is 7.35. The predicted octanol–water partition coefficient (Wildman–Crippen LogP) is 3.11. The van der Waals surface area contributed by atoms with Gasteiger partial charge in [0, 0.05) is 13.1 Å². The Morgan fingerprint density at radius 2 is 2.08 bits per heavy atom. The Bertz CT molecular complexity index is 719. The smallest absolute Gasteiger partial charge is 0.309 e. The van der Waals surface area contributed by atoms with Crippen LogP contribution in [0.25, 0.3) is 11.1 Å². The highest BCUT2D eigenvalue weighted by Crippen LogP contribution is 2.28. The fourth-order valence-corrected chi connectivity index (χ4v) is 3.80. The van der Waals surface area contributed by atoms with Crippen LogP contribution >= 0.6 is 11.8 Å². The molecule has 1 aromatic heterocycles. The molecule has 2 aromatic rings. The number of para-hydroxylation sites is 2. The molecule has 7 heteroatoms. The summed E-state index contributed by atoms with van der Waals surface area (Å²) < 4.78 is 10.7. The molecule has 0 aliphatic carbocycles. The van der Waals surface area contributed by atoms with Crippen molar-refractivity contribution in [1.82, 2.24) is 9.88 Å². The monoisotopic (exact) mass is 362 g/mol. The summed E-state index contributed by atoms with van der Waals surface area (Å²) in [6.07, 6.45) is 1.32. The third-order valence-corrected chi connectivity index (χ3v) is 5.26. The van der Waals surface area contributed by atoms with Crippen LogP contribution in [0.4, 0.5) is 0 Å². The highest BCUT2D eigenvalue weighted by atomic mass is 32.2. The number of oxazole rings is 1. The normalized spacial score (nSPS) is 16.8. The van der Waals surface area contributed by atoms with Crippen molar-refractivity contribution in [2.24, 2.45) is 5.92 Å². The van der Waals surface area contributed by atoms with E-state index in [1.54, 1.807) is 0 Å². The molecule has 134 valence electrons. The van der Waals surface area contributed by atoms with Gasteiger partial charge in [0.2, 0.25) is 5.91 Å². The molecule has 1 unspecified atom stereocenters. The Morgan fingerprint density at radius 3 is 2.76 bits per heavy atom. The first-order valence-corrected chi connectivity index (χ1v) is 9.44. The number of thioether (sulfide) groups is 1. The van der Waals surface area contributed by atoms with E-state index >= 15 is 0 Å². The van der Waals surface area contributed by atoms with Crippen LogP contribution < -0.4 is 0 Å². The van der Waals surface area contributed by atoms with Gasteiger partial charge in [-0.05, 0) is 38.8 Å². The van der Waals surface area contributed by atoms with Crippen molar-refractivity contribution in [3.63, 3.8) is 0 Å².